The number of fused-ring (bicyclic) bond motifs is 1. The average molecular weight is 340 g/mol. The molecule has 1 unspecified atom stereocenters. The second kappa shape index (κ2) is 6.64. The van der Waals surface area contributed by atoms with Gasteiger partial charge in [0.15, 0.2) is 5.82 Å². The van der Waals surface area contributed by atoms with Crippen LogP contribution < -0.4 is 4.74 Å². The van der Waals surface area contributed by atoms with Gasteiger partial charge in [-0.3, -0.25) is 9.58 Å². The van der Waals surface area contributed by atoms with Crippen LogP contribution in [0.3, 0.4) is 0 Å². The van der Waals surface area contributed by atoms with Crippen LogP contribution in [-0.2, 0) is 19.6 Å². The number of hydrogen-bond acceptors (Lipinski definition) is 7. The zero-order valence-corrected chi connectivity index (χ0v) is 14.3. The molecule has 8 nitrogen and oxygen atoms in total. The van der Waals surface area contributed by atoms with Gasteiger partial charge < -0.3 is 9.26 Å². The molecule has 0 radical (unpaired) electrons. The SMILES string of the molecule is COc1ncccc1CN1Cc2ccnn2CC(c2nc(C)no2)C1. The number of pyridine rings is 1. The fraction of sp³-hybridized carbons (Fsp3) is 0.412. The Hall–Kier alpha value is -2.74. The highest BCUT2D eigenvalue weighted by molar-refractivity contribution is 5.25. The van der Waals surface area contributed by atoms with E-state index in [4.69, 9.17) is 9.26 Å². The second-order valence-corrected chi connectivity index (χ2v) is 6.22. The maximum atomic E-state index is 5.43. The van der Waals surface area contributed by atoms with Gasteiger partial charge >= 0.3 is 0 Å². The highest BCUT2D eigenvalue weighted by Crippen LogP contribution is 2.26. The third-order valence-corrected chi connectivity index (χ3v) is 4.39. The molecule has 0 fully saturated rings. The van der Waals surface area contributed by atoms with Gasteiger partial charge in [-0.15, -0.1) is 0 Å². The summed E-state index contributed by atoms with van der Waals surface area (Å²) in [6.07, 6.45) is 3.57. The predicted octanol–water partition coefficient (Wildman–Crippen LogP) is 1.78. The smallest absolute Gasteiger partial charge is 0.232 e. The minimum absolute atomic E-state index is 0.0880. The predicted molar refractivity (Wildman–Crippen MR) is 88.9 cm³/mol. The van der Waals surface area contributed by atoms with E-state index in [9.17, 15) is 0 Å². The van der Waals surface area contributed by atoms with Crippen LogP contribution in [-0.4, -0.2) is 43.5 Å². The van der Waals surface area contributed by atoms with E-state index >= 15 is 0 Å². The quantitative estimate of drug-likeness (QED) is 0.716. The Balaban J connectivity index is 1.63. The average Bonchev–Trinajstić information content (AvgIpc) is 3.20. The summed E-state index contributed by atoms with van der Waals surface area (Å²) in [5.74, 6) is 2.06. The minimum Gasteiger partial charge on any atom is -0.481 e. The lowest BCUT2D eigenvalue weighted by Gasteiger charge is -2.22. The zero-order chi connectivity index (χ0) is 17.2. The molecular formula is C17H20N6O2. The molecule has 25 heavy (non-hydrogen) atoms. The summed E-state index contributed by atoms with van der Waals surface area (Å²) in [6, 6.07) is 6.02. The molecule has 1 atom stereocenters. The number of rotatable bonds is 4. The van der Waals surface area contributed by atoms with Crippen molar-refractivity contribution >= 4 is 0 Å². The number of aryl methyl sites for hydroxylation is 1. The van der Waals surface area contributed by atoms with Crippen LogP contribution in [0.4, 0.5) is 0 Å². The maximum Gasteiger partial charge on any atom is 0.232 e. The lowest BCUT2D eigenvalue weighted by atomic mass is 10.1. The lowest BCUT2D eigenvalue weighted by Crippen LogP contribution is -2.27. The molecule has 0 N–H and O–H groups in total. The summed E-state index contributed by atoms with van der Waals surface area (Å²) in [5.41, 5.74) is 2.22. The molecule has 0 spiro atoms. The monoisotopic (exact) mass is 340 g/mol. The molecule has 1 aliphatic heterocycles. The standard InChI is InChI=1S/C17H20N6O2/c1-12-20-17(25-21-12)14-9-22(11-15-5-7-19-23(15)10-14)8-13-4-3-6-18-16(13)24-2/h3-7,14H,8-11H2,1-2H3. The van der Waals surface area contributed by atoms with E-state index < -0.39 is 0 Å². The number of nitrogens with zero attached hydrogens (tertiary/aromatic N) is 6. The van der Waals surface area contributed by atoms with Crippen LogP contribution in [0.1, 0.15) is 28.9 Å². The third kappa shape index (κ3) is 3.25. The van der Waals surface area contributed by atoms with Crippen LogP contribution in [0.25, 0.3) is 0 Å². The Morgan fingerprint density at radius 1 is 1.28 bits per heavy atom. The van der Waals surface area contributed by atoms with Crippen LogP contribution in [0.15, 0.2) is 35.1 Å². The van der Waals surface area contributed by atoms with E-state index in [1.54, 1.807) is 13.3 Å². The van der Waals surface area contributed by atoms with Crippen molar-refractivity contribution in [1.82, 2.24) is 29.8 Å². The van der Waals surface area contributed by atoms with Gasteiger partial charge in [-0.2, -0.15) is 10.1 Å². The molecular weight excluding hydrogens is 320 g/mol. The van der Waals surface area contributed by atoms with E-state index in [1.165, 1.54) is 5.69 Å². The van der Waals surface area contributed by atoms with Gasteiger partial charge in [0.2, 0.25) is 11.8 Å². The minimum atomic E-state index is 0.0880. The molecule has 0 saturated carbocycles. The Morgan fingerprint density at radius 3 is 3.00 bits per heavy atom. The molecule has 4 heterocycles. The van der Waals surface area contributed by atoms with Crippen molar-refractivity contribution in [2.45, 2.75) is 32.5 Å². The van der Waals surface area contributed by atoms with E-state index in [1.807, 2.05) is 29.9 Å². The second-order valence-electron chi connectivity index (χ2n) is 6.22. The first kappa shape index (κ1) is 15.8. The molecule has 0 saturated heterocycles. The first-order valence-corrected chi connectivity index (χ1v) is 8.24. The van der Waals surface area contributed by atoms with Crippen molar-refractivity contribution in [3.8, 4) is 5.88 Å². The van der Waals surface area contributed by atoms with Crippen molar-refractivity contribution in [1.29, 1.82) is 0 Å². The number of aromatic nitrogens is 5. The van der Waals surface area contributed by atoms with E-state index in [2.05, 4.69) is 31.2 Å². The van der Waals surface area contributed by atoms with E-state index in [0.29, 0.717) is 17.6 Å². The Bertz CT molecular complexity index is 858. The van der Waals surface area contributed by atoms with Gasteiger partial charge in [-0.05, 0) is 19.1 Å². The molecule has 0 aliphatic carbocycles. The number of hydrogen-bond donors (Lipinski definition) is 0. The molecule has 1 aliphatic rings. The zero-order valence-electron chi connectivity index (χ0n) is 14.3. The van der Waals surface area contributed by atoms with Crippen LogP contribution in [0.5, 0.6) is 5.88 Å². The topological polar surface area (TPSA) is 82.1 Å². The highest BCUT2D eigenvalue weighted by atomic mass is 16.5. The summed E-state index contributed by atoms with van der Waals surface area (Å²) in [7, 11) is 1.65. The number of methoxy groups -OCH3 is 1. The largest absolute Gasteiger partial charge is 0.481 e. The molecule has 4 rings (SSSR count). The van der Waals surface area contributed by atoms with Gasteiger partial charge in [0.25, 0.3) is 0 Å². The molecule has 0 amide bonds. The Morgan fingerprint density at radius 2 is 2.20 bits per heavy atom. The lowest BCUT2D eigenvalue weighted by molar-refractivity contribution is 0.223. The van der Waals surface area contributed by atoms with Gasteiger partial charge in [0, 0.05) is 37.6 Å². The van der Waals surface area contributed by atoms with Gasteiger partial charge in [0.05, 0.1) is 25.3 Å². The van der Waals surface area contributed by atoms with Crippen molar-refractivity contribution in [2.75, 3.05) is 13.7 Å². The molecule has 3 aromatic heterocycles. The summed E-state index contributed by atoms with van der Waals surface area (Å²) in [6.45, 7) is 4.88. The normalized spacial score (nSPS) is 17.9. The van der Waals surface area contributed by atoms with Crippen molar-refractivity contribution in [3.05, 3.63) is 53.6 Å². The fourth-order valence-corrected chi connectivity index (χ4v) is 3.26. The fourth-order valence-electron chi connectivity index (χ4n) is 3.26. The van der Waals surface area contributed by atoms with Crippen LogP contribution in [0, 0.1) is 6.92 Å². The summed E-state index contributed by atoms with van der Waals surface area (Å²) >= 11 is 0. The summed E-state index contributed by atoms with van der Waals surface area (Å²) < 4.78 is 12.8. The molecule has 130 valence electrons. The van der Waals surface area contributed by atoms with Crippen molar-refractivity contribution in [2.24, 2.45) is 0 Å². The van der Waals surface area contributed by atoms with Crippen LogP contribution >= 0.6 is 0 Å². The molecule has 0 aromatic carbocycles. The van der Waals surface area contributed by atoms with Gasteiger partial charge in [-0.1, -0.05) is 11.2 Å². The van der Waals surface area contributed by atoms with Crippen LogP contribution in [0.2, 0.25) is 0 Å². The van der Waals surface area contributed by atoms with Gasteiger partial charge in [0.1, 0.15) is 0 Å². The summed E-state index contributed by atoms with van der Waals surface area (Å²) in [5, 5.41) is 8.38. The number of ether oxygens (including phenoxy) is 1. The first-order valence-electron chi connectivity index (χ1n) is 8.24. The maximum absolute atomic E-state index is 5.43. The first-order chi connectivity index (χ1) is 12.2. The van der Waals surface area contributed by atoms with Crippen molar-refractivity contribution < 1.29 is 9.26 Å². The molecule has 0 bridgehead atoms. The van der Waals surface area contributed by atoms with E-state index in [0.717, 1.165) is 31.7 Å². The van der Waals surface area contributed by atoms with Crippen molar-refractivity contribution in [3.63, 3.8) is 0 Å². The molecule has 3 aromatic rings. The van der Waals surface area contributed by atoms with E-state index in [-0.39, 0.29) is 5.92 Å². The third-order valence-electron chi connectivity index (χ3n) is 4.39. The summed E-state index contributed by atoms with van der Waals surface area (Å²) in [4.78, 5) is 11.1. The highest BCUT2D eigenvalue weighted by Gasteiger charge is 2.27. The molecule has 8 heteroatoms. The Kier molecular flexibility index (Phi) is 4.19. The Labute approximate surface area is 145 Å². The van der Waals surface area contributed by atoms with Gasteiger partial charge in [-0.25, -0.2) is 4.98 Å².